The fourth-order valence-corrected chi connectivity index (χ4v) is 3.05. The summed E-state index contributed by atoms with van der Waals surface area (Å²) < 4.78 is 3.82. The van der Waals surface area contributed by atoms with Crippen molar-refractivity contribution >= 4 is 24.1 Å². The number of aromatic amines is 1. The molecule has 0 unspecified atom stereocenters. The number of hydrogen-bond donors (Lipinski definition) is 1. The van der Waals surface area contributed by atoms with Gasteiger partial charge in [-0.1, -0.05) is 29.8 Å². The molecule has 0 radical (unpaired) electrons. The Labute approximate surface area is 170 Å². The van der Waals surface area contributed by atoms with Crippen LogP contribution < -0.4 is 0 Å². The number of benzene rings is 2. The lowest BCUT2D eigenvalue weighted by Crippen LogP contribution is -2.00. The van der Waals surface area contributed by atoms with Gasteiger partial charge in [-0.2, -0.15) is 14.9 Å². The Morgan fingerprint density at radius 1 is 1.14 bits per heavy atom. The van der Waals surface area contributed by atoms with Gasteiger partial charge in [0.25, 0.3) is 5.69 Å². The number of hydrogen-bond acceptors (Lipinski definition) is 5. The van der Waals surface area contributed by atoms with E-state index in [0.717, 1.165) is 22.5 Å². The fraction of sp³-hybridized carbons (Fsp3) is 0.0500. The number of nitrogens with one attached hydrogen (secondary N) is 1. The van der Waals surface area contributed by atoms with Crippen LogP contribution in [0.1, 0.15) is 11.3 Å². The topological polar surface area (TPSA) is 94.0 Å². The molecule has 0 spiro atoms. The predicted molar refractivity (Wildman–Crippen MR) is 113 cm³/mol. The third kappa shape index (κ3) is 3.76. The molecule has 0 atom stereocenters. The highest BCUT2D eigenvalue weighted by Gasteiger charge is 2.09. The molecule has 4 aromatic rings. The van der Waals surface area contributed by atoms with Gasteiger partial charge in [-0.25, -0.2) is 5.10 Å². The average molecular weight is 404 g/mol. The quantitative estimate of drug-likeness (QED) is 0.229. The number of H-pyrrole nitrogens is 1. The SMILES string of the molecule is Cc1ccc(-c2n[nH]c(=S)n2N=Cc2cccn2-c2ccc([N+](=O)[O-])cc2)cc1. The lowest BCUT2D eigenvalue weighted by molar-refractivity contribution is -0.384. The Morgan fingerprint density at radius 3 is 2.55 bits per heavy atom. The van der Waals surface area contributed by atoms with E-state index in [2.05, 4.69) is 15.3 Å². The highest BCUT2D eigenvalue weighted by Crippen LogP contribution is 2.19. The number of nitro groups is 1. The number of rotatable bonds is 5. The first-order valence-corrected chi connectivity index (χ1v) is 9.15. The Hall–Kier alpha value is -3.85. The lowest BCUT2D eigenvalue weighted by atomic mass is 10.1. The molecule has 1 N–H and O–H groups in total. The molecule has 2 aromatic heterocycles. The van der Waals surface area contributed by atoms with Crippen LogP contribution in [0.5, 0.6) is 0 Å². The minimum atomic E-state index is -0.422. The summed E-state index contributed by atoms with van der Waals surface area (Å²) in [7, 11) is 0. The van der Waals surface area contributed by atoms with Crippen LogP contribution in [0.4, 0.5) is 5.69 Å². The van der Waals surface area contributed by atoms with E-state index in [9.17, 15) is 10.1 Å². The molecule has 29 heavy (non-hydrogen) atoms. The second-order valence-electron chi connectivity index (χ2n) is 6.35. The lowest BCUT2D eigenvalue weighted by Gasteiger charge is -2.06. The van der Waals surface area contributed by atoms with Crippen LogP contribution in [0.15, 0.2) is 72.0 Å². The van der Waals surface area contributed by atoms with Gasteiger partial charge < -0.3 is 4.57 Å². The third-order valence-electron chi connectivity index (χ3n) is 4.38. The summed E-state index contributed by atoms with van der Waals surface area (Å²) in [6, 6.07) is 18.0. The first-order valence-electron chi connectivity index (χ1n) is 8.74. The van der Waals surface area contributed by atoms with E-state index < -0.39 is 4.92 Å². The molecule has 0 aliphatic carbocycles. The van der Waals surface area contributed by atoms with Crippen molar-refractivity contribution in [3.05, 3.63) is 93.0 Å². The van der Waals surface area contributed by atoms with Crippen LogP contribution >= 0.6 is 12.2 Å². The summed E-state index contributed by atoms with van der Waals surface area (Å²) in [5, 5.41) is 22.4. The van der Waals surface area contributed by atoms with Crippen LogP contribution in [0.3, 0.4) is 0 Å². The van der Waals surface area contributed by atoms with Gasteiger partial charge >= 0.3 is 0 Å². The monoisotopic (exact) mass is 404 g/mol. The molecule has 0 saturated carbocycles. The van der Waals surface area contributed by atoms with E-state index in [4.69, 9.17) is 12.2 Å². The average Bonchev–Trinajstić information content (AvgIpc) is 3.33. The molecule has 0 aliphatic rings. The first kappa shape index (κ1) is 18.5. The zero-order valence-electron chi connectivity index (χ0n) is 15.4. The first-order chi connectivity index (χ1) is 14.0. The van der Waals surface area contributed by atoms with Gasteiger partial charge in [0.1, 0.15) is 0 Å². The van der Waals surface area contributed by atoms with Crippen molar-refractivity contribution in [3.63, 3.8) is 0 Å². The maximum absolute atomic E-state index is 10.9. The van der Waals surface area contributed by atoms with Crippen LogP contribution in [0.2, 0.25) is 0 Å². The van der Waals surface area contributed by atoms with Crippen molar-refractivity contribution in [2.45, 2.75) is 6.92 Å². The van der Waals surface area contributed by atoms with Gasteiger partial charge in [0, 0.05) is 29.6 Å². The van der Waals surface area contributed by atoms with Crippen molar-refractivity contribution in [1.29, 1.82) is 0 Å². The summed E-state index contributed by atoms with van der Waals surface area (Å²) in [6.07, 6.45) is 3.53. The van der Waals surface area contributed by atoms with E-state index in [1.54, 1.807) is 23.0 Å². The number of nitro benzene ring substituents is 1. The van der Waals surface area contributed by atoms with Gasteiger partial charge in [-0.05, 0) is 43.4 Å². The molecule has 9 heteroatoms. The van der Waals surface area contributed by atoms with E-state index >= 15 is 0 Å². The molecular weight excluding hydrogens is 388 g/mol. The number of aromatic nitrogens is 4. The summed E-state index contributed by atoms with van der Waals surface area (Å²) in [5.41, 5.74) is 3.67. The van der Waals surface area contributed by atoms with Crippen LogP contribution in [0.25, 0.3) is 17.1 Å². The summed E-state index contributed by atoms with van der Waals surface area (Å²) in [5.74, 6) is 0.611. The molecule has 4 rings (SSSR count). The minimum Gasteiger partial charge on any atom is -0.316 e. The molecule has 2 heterocycles. The summed E-state index contributed by atoms with van der Waals surface area (Å²) in [4.78, 5) is 10.4. The minimum absolute atomic E-state index is 0.0450. The standard InChI is InChI=1S/C20H16N6O2S/c1-14-4-6-15(7-5-14)19-22-23-20(29)25(19)21-13-18-3-2-12-24(18)16-8-10-17(11-9-16)26(27)28/h2-13H,1H3,(H,23,29). The molecule has 0 aliphatic heterocycles. The van der Waals surface area contributed by atoms with Gasteiger partial charge in [-0.3, -0.25) is 10.1 Å². The Morgan fingerprint density at radius 2 is 1.86 bits per heavy atom. The molecule has 0 fully saturated rings. The summed E-state index contributed by atoms with van der Waals surface area (Å²) >= 11 is 5.32. The van der Waals surface area contributed by atoms with Crippen molar-refractivity contribution < 1.29 is 4.92 Å². The largest absolute Gasteiger partial charge is 0.316 e. The Balaban J connectivity index is 1.67. The van der Waals surface area contributed by atoms with Crippen LogP contribution in [0, 0.1) is 21.8 Å². The van der Waals surface area contributed by atoms with Crippen molar-refractivity contribution in [1.82, 2.24) is 19.4 Å². The molecule has 8 nitrogen and oxygen atoms in total. The molecular formula is C20H16N6O2S. The van der Waals surface area contributed by atoms with Crippen molar-refractivity contribution in [2.75, 3.05) is 0 Å². The highest BCUT2D eigenvalue weighted by molar-refractivity contribution is 7.71. The maximum Gasteiger partial charge on any atom is 0.269 e. The second-order valence-corrected chi connectivity index (χ2v) is 6.74. The van der Waals surface area contributed by atoms with Gasteiger partial charge in [0.2, 0.25) is 4.77 Å². The molecule has 144 valence electrons. The van der Waals surface area contributed by atoms with Crippen molar-refractivity contribution in [3.8, 4) is 17.1 Å². The molecule has 2 aromatic carbocycles. The van der Waals surface area contributed by atoms with Gasteiger partial charge in [0.15, 0.2) is 5.82 Å². The van der Waals surface area contributed by atoms with Gasteiger partial charge in [-0.15, -0.1) is 0 Å². The normalized spacial score (nSPS) is 11.2. The van der Waals surface area contributed by atoms with E-state index in [0.29, 0.717) is 10.6 Å². The van der Waals surface area contributed by atoms with Crippen LogP contribution in [-0.4, -0.2) is 30.6 Å². The molecule has 0 amide bonds. The van der Waals surface area contributed by atoms with Gasteiger partial charge in [0.05, 0.1) is 16.8 Å². The Bertz CT molecular complexity index is 1250. The van der Waals surface area contributed by atoms with E-state index in [1.807, 2.05) is 54.1 Å². The Kier molecular flexibility index (Phi) is 4.88. The fourth-order valence-electron chi connectivity index (χ4n) is 2.87. The number of non-ortho nitro benzene ring substituents is 1. The smallest absolute Gasteiger partial charge is 0.269 e. The van der Waals surface area contributed by atoms with E-state index in [1.165, 1.54) is 12.1 Å². The number of nitrogens with zero attached hydrogens (tertiary/aromatic N) is 5. The molecule has 0 bridgehead atoms. The highest BCUT2D eigenvalue weighted by atomic mass is 32.1. The number of aryl methyl sites for hydroxylation is 1. The van der Waals surface area contributed by atoms with E-state index in [-0.39, 0.29) is 5.69 Å². The van der Waals surface area contributed by atoms with Crippen LogP contribution in [-0.2, 0) is 0 Å². The third-order valence-corrected chi connectivity index (χ3v) is 4.65. The van der Waals surface area contributed by atoms with Crippen molar-refractivity contribution in [2.24, 2.45) is 5.10 Å². The second kappa shape index (κ2) is 7.64. The molecule has 0 saturated heterocycles. The zero-order chi connectivity index (χ0) is 20.4. The summed E-state index contributed by atoms with van der Waals surface area (Å²) in [6.45, 7) is 2.02. The predicted octanol–water partition coefficient (Wildman–Crippen LogP) is 4.50. The maximum atomic E-state index is 10.9. The zero-order valence-corrected chi connectivity index (χ0v) is 16.2.